The molecule has 0 amide bonds. The second-order valence-electron chi connectivity index (χ2n) is 13.6. The summed E-state index contributed by atoms with van der Waals surface area (Å²) < 4.78 is 9.53. The van der Waals surface area contributed by atoms with Crippen molar-refractivity contribution in [3.8, 4) is 5.69 Å². The van der Waals surface area contributed by atoms with E-state index in [9.17, 15) is 0 Å². The predicted molar refractivity (Wildman–Crippen MR) is 207 cm³/mol. The van der Waals surface area contributed by atoms with Gasteiger partial charge in [0.05, 0.1) is 22.4 Å². The van der Waals surface area contributed by atoms with Crippen LogP contribution in [-0.2, 0) is 0 Å². The summed E-state index contributed by atoms with van der Waals surface area (Å²) in [6, 6.07) is 61.1. The van der Waals surface area contributed by atoms with Crippen LogP contribution in [0.4, 0.5) is 17.1 Å². The Bertz CT molecular complexity index is 2820. The van der Waals surface area contributed by atoms with Gasteiger partial charge in [-0.25, -0.2) is 0 Å². The van der Waals surface area contributed by atoms with E-state index in [0.717, 1.165) is 16.6 Å². The molecule has 3 aliphatic heterocycles. The molecule has 226 valence electrons. The zero-order valence-corrected chi connectivity index (χ0v) is 27.5. The Kier molecular flexibility index (Phi) is 4.82. The van der Waals surface area contributed by atoms with Crippen molar-refractivity contribution in [1.29, 1.82) is 0 Å². The summed E-state index contributed by atoms with van der Waals surface area (Å²) in [5, 5.41) is 9.37. The summed E-state index contributed by atoms with van der Waals surface area (Å²) >= 11 is 0. The minimum absolute atomic E-state index is 0.0485. The Morgan fingerprint density at radius 2 is 1.16 bits per heavy atom. The van der Waals surface area contributed by atoms with Gasteiger partial charge in [-0.15, -0.1) is 0 Å². The number of para-hydroxylation sites is 4. The molecule has 0 N–H and O–H groups in total. The van der Waals surface area contributed by atoms with E-state index in [0.29, 0.717) is 0 Å². The highest BCUT2D eigenvalue weighted by Crippen LogP contribution is 2.45. The Morgan fingerprint density at radius 3 is 1.98 bits per heavy atom. The second kappa shape index (κ2) is 9.10. The van der Waals surface area contributed by atoms with Crippen LogP contribution in [0.3, 0.4) is 0 Å². The Balaban J connectivity index is 1.30. The van der Waals surface area contributed by atoms with Gasteiger partial charge >= 0.3 is 0 Å². The van der Waals surface area contributed by atoms with E-state index in [1.165, 1.54) is 76.2 Å². The molecule has 2 aromatic heterocycles. The van der Waals surface area contributed by atoms with E-state index in [-0.39, 0.29) is 6.71 Å². The third-order valence-corrected chi connectivity index (χ3v) is 16.3. The maximum Gasteiger partial charge on any atom is 0.297 e. The fourth-order valence-electron chi connectivity index (χ4n) is 9.70. The number of hydrogen-bond donors (Lipinski definition) is 0. The van der Waals surface area contributed by atoms with Crippen LogP contribution in [0.5, 0.6) is 0 Å². The van der Waals surface area contributed by atoms with Crippen LogP contribution < -0.4 is 42.2 Å². The van der Waals surface area contributed by atoms with E-state index in [4.69, 9.17) is 4.42 Å². The van der Waals surface area contributed by atoms with Crippen molar-refractivity contribution in [2.45, 2.75) is 0 Å². The molecule has 0 atom stereocenters. The molecular formula is C44H27BN2OSi. The van der Waals surface area contributed by atoms with E-state index in [1.807, 2.05) is 0 Å². The molecule has 5 heterocycles. The van der Waals surface area contributed by atoms with E-state index < -0.39 is 8.07 Å². The van der Waals surface area contributed by atoms with Gasteiger partial charge in [-0.3, -0.25) is 0 Å². The summed E-state index contributed by atoms with van der Waals surface area (Å²) in [5.74, 6) is 0. The molecule has 0 unspecified atom stereocenters. The summed E-state index contributed by atoms with van der Waals surface area (Å²) in [6.45, 7) is -0.0485. The third kappa shape index (κ3) is 2.98. The number of aromatic nitrogens is 1. The fraction of sp³-hybridized carbons (Fsp3) is 0. The molecule has 0 spiro atoms. The normalized spacial score (nSPS) is 14.6. The van der Waals surface area contributed by atoms with Gasteiger partial charge in [0.25, 0.3) is 6.71 Å². The third-order valence-electron chi connectivity index (χ3n) is 11.4. The van der Waals surface area contributed by atoms with Gasteiger partial charge < -0.3 is 13.9 Å². The van der Waals surface area contributed by atoms with Crippen LogP contribution >= 0.6 is 0 Å². The summed E-state index contributed by atoms with van der Waals surface area (Å²) in [5.41, 5.74) is 12.1. The van der Waals surface area contributed by atoms with Gasteiger partial charge in [0.1, 0.15) is 5.58 Å². The number of hydrogen-bond acceptors (Lipinski definition) is 2. The molecule has 12 rings (SSSR count). The highest BCUT2D eigenvalue weighted by molar-refractivity contribution is 7.22. The molecule has 0 radical (unpaired) electrons. The molecule has 5 heteroatoms. The lowest BCUT2D eigenvalue weighted by Gasteiger charge is -2.49. The summed E-state index contributed by atoms with van der Waals surface area (Å²) in [4.78, 5) is 2.60. The first-order chi connectivity index (χ1) is 24.4. The molecule has 9 aromatic rings. The van der Waals surface area contributed by atoms with Crippen LogP contribution in [0.15, 0.2) is 168 Å². The van der Waals surface area contributed by atoms with Gasteiger partial charge in [0.2, 0.25) is 0 Å². The van der Waals surface area contributed by atoms with Gasteiger partial charge in [-0.05, 0) is 62.0 Å². The number of rotatable bonds is 2. The zero-order chi connectivity index (χ0) is 31.8. The zero-order valence-electron chi connectivity index (χ0n) is 26.5. The van der Waals surface area contributed by atoms with Crippen LogP contribution in [0.2, 0.25) is 0 Å². The minimum Gasteiger partial charge on any atom is -0.468 e. The number of fused-ring (bicyclic) bond motifs is 12. The van der Waals surface area contributed by atoms with Crippen molar-refractivity contribution in [2.75, 3.05) is 4.90 Å². The molecule has 0 fully saturated rings. The maximum atomic E-state index is 7.04. The van der Waals surface area contributed by atoms with Crippen LogP contribution in [0.1, 0.15) is 0 Å². The molecular weight excluding hydrogens is 611 g/mol. The standard InChI is InChI=1S/C44H27BN2OSi/c1-3-14-28(15-4-1)49(29-16-5-2-6-17-29)38-24-12-10-22-35(38)46-36-27-26-31-30-18-7-9-21-34(30)47-41(31)40(36)45(33-20-13-25-39(49)43(33)46)44-42(47)32-19-8-11-23-37(32)48-44/h1-27H. The summed E-state index contributed by atoms with van der Waals surface area (Å²) in [7, 11) is -2.76. The SMILES string of the molecule is c1ccc([Si]2(c3ccccc3)c3ccccc3N3c4ccc5c6ccccc6n6c5c4B(c4cccc2c43)c2oc3ccccc3c2-6)cc1. The molecule has 49 heavy (non-hydrogen) atoms. The summed E-state index contributed by atoms with van der Waals surface area (Å²) in [6.07, 6.45) is 0. The van der Waals surface area contributed by atoms with Gasteiger partial charge in [0, 0.05) is 33.2 Å². The molecule has 0 aliphatic carbocycles. The Hall–Kier alpha value is -6.04. The fourth-order valence-corrected chi connectivity index (χ4v) is 14.8. The topological polar surface area (TPSA) is 21.3 Å². The lowest BCUT2D eigenvalue weighted by molar-refractivity contribution is 0.649. The largest absolute Gasteiger partial charge is 0.468 e. The highest BCUT2D eigenvalue weighted by Gasteiger charge is 2.53. The van der Waals surface area contributed by atoms with E-state index >= 15 is 0 Å². The monoisotopic (exact) mass is 638 g/mol. The lowest BCUT2D eigenvalue weighted by Crippen LogP contribution is -2.78. The Labute approximate surface area is 284 Å². The first-order valence-corrected chi connectivity index (χ1v) is 19.1. The van der Waals surface area contributed by atoms with Crippen molar-refractivity contribution < 1.29 is 4.42 Å². The van der Waals surface area contributed by atoms with Crippen LogP contribution in [0.25, 0.3) is 38.5 Å². The van der Waals surface area contributed by atoms with Crippen LogP contribution in [-0.4, -0.2) is 19.4 Å². The van der Waals surface area contributed by atoms with Crippen molar-refractivity contribution in [3.63, 3.8) is 0 Å². The van der Waals surface area contributed by atoms with Crippen molar-refractivity contribution >= 4 is 102 Å². The number of anilines is 3. The number of nitrogens with zero attached hydrogens (tertiary/aromatic N) is 2. The van der Waals surface area contributed by atoms with Gasteiger partial charge in [-0.1, -0.05) is 133 Å². The average molecular weight is 639 g/mol. The minimum atomic E-state index is -2.76. The first kappa shape index (κ1) is 26.0. The molecule has 0 saturated carbocycles. The lowest BCUT2D eigenvalue weighted by atomic mass is 9.36. The molecule has 7 aromatic carbocycles. The number of furan rings is 1. The van der Waals surface area contributed by atoms with Crippen molar-refractivity contribution in [3.05, 3.63) is 164 Å². The maximum absolute atomic E-state index is 7.04. The molecule has 0 saturated heterocycles. The van der Waals surface area contributed by atoms with Gasteiger partial charge in [0.15, 0.2) is 8.07 Å². The Morgan fingerprint density at radius 1 is 0.490 bits per heavy atom. The first-order valence-electron chi connectivity index (χ1n) is 17.1. The van der Waals surface area contributed by atoms with Gasteiger partial charge in [-0.2, -0.15) is 0 Å². The molecule has 3 nitrogen and oxygen atoms in total. The van der Waals surface area contributed by atoms with E-state index in [2.05, 4.69) is 173 Å². The molecule has 0 bridgehead atoms. The molecule has 3 aliphatic rings. The van der Waals surface area contributed by atoms with E-state index in [1.54, 1.807) is 0 Å². The second-order valence-corrected chi connectivity index (χ2v) is 17.3. The van der Waals surface area contributed by atoms with Crippen molar-refractivity contribution in [1.82, 2.24) is 4.57 Å². The average Bonchev–Trinajstić information content (AvgIpc) is 3.72. The van der Waals surface area contributed by atoms with Crippen molar-refractivity contribution in [2.24, 2.45) is 0 Å². The quantitative estimate of drug-likeness (QED) is 0.222. The number of benzene rings is 7. The predicted octanol–water partition coefficient (Wildman–Crippen LogP) is 5.83. The smallest absolute Gasteiger partial charge is 0.297 e. The highest BCUT2D eigenvalue weighted by atomic mass is 28.3. The van der Waals surface area contributed by atoms with Crippen LogP contribution in [0, 0.1) is 0 Å².